The minimum atomic E-state index is 0.108. The Balaban J connectivity index is 1.49. The van der Waals surface area contributed by atoms with Crippen LogP contribution in [0.3, 0.4) is 0 Å². The summed E-state index contributed by atoms with van der Waals surface area (Å²) in [5, 5.41) is 0.860. The average molecular weight is 354 g/mol. The molecule has 0 amide bonds. The van der Waals surface area contributed by atoms with Crippen LogP contribution in [0.4, 0.5) is 0 Å². The third kappa shape index (κ3) is 3.33. The molecule has 0 bridgehead atoms. The molecule has 1 unspecified atom stereocenters. The topological polar surface area (TPSA) is 44.1 Å². The molecule has 2 aromatic heterocycles. The monoisotopic (exact) mass is 354 g/mol. The Morgan fingerprint density at radius 2 is 2.16 bits per heavy atom. The van der Waals surface area contributed by atoms with Crippen molar-refractivity contribution in [3.63, 3.8) is 0 Å². The lowest BCUT2D eigenvalue weighted by Crippen LogP contribution is -2.22. The molecule has 3 aromatic rings. The lowest BCUT2D eigenvalue weighted by atomic mass is 9.89. The van der Waals surface area contributed by atoms with Crippen molar-refractivity contribution < 1.29 is 4.74 Å². The number of aromatic nitrogens is 2. The van der Waals surface area contributed by atoms with E-state index in [9.17, 15) is 4.79 Å². The lowest BCUT2D eigenvalue weighted by molar-refractivity contribution is 0.301. The highest BCUT2D eigenvalue weighted by Gasteiger charge is 2.23. The first-order valence-corrected chi connectivity index (χ1v) is 9.71. The van der Waals surface area contributed by atoms with Crippen LogP contribution in [0.1, 0.15) is 30.2 Å². The second kappa shape index (κ2) is 7.00. The van der Waals surface area contributed by atoms with Gasteiger partial charge in [-0.25, -0.2) is 4.98 Å². The summed E-state index contributed by atoms with van der Waals surface area (Å²) in [6.45, 7) is 3.51. The fourth-order valence-corrected chi connectivity index (χ4v) is 4.81. The number of ether oxygens (including phenoxy) is 1. The van der Waals surface area contributed by atoms with Gasteiger partial charge in [0, 0.05) is 11.4 Å². The summed E-state index contributed by atoms with van der Waals surface area (Å²) in [7, 11) is 0. The molecule has 4 nitrogen and oxygen atoms in total. The van der Waals surface area contributed by atoms with Gasteiger partial charge in [-0.15, -0.1) is 11.3 Å². The smallest absolute Gasteiger partial charge is 0.262 e. The maximum atomic E-state index is 12.9. The van der Waals surface area contributed by atoms with Crippen LogP contribution in [-0.2, 0) is 19.4 Å². The van der Waals surface area contributed by atoms with Gasteiger partial charge in [-0.2, -0.15) is 0 Å². The van der Waals surface area contributed by atoms with E-state index in [1.54, 1.807) is 22.2 Å². The molecule has 1 atom stereocenters. The number of aryl methyl sites for hydroxylation is 2. The Labute approximate surface area is 151 Å². The highest BCUT2D eigenvalue weighted by molar-refractivity contribution is 7.18. The van der Waals surface area contributed by atoms with E-state index in [4.69, 9.17) is 4.74 Å². The first kappa shape index (κ1) is 16.3. The van der Waals surface area contributed by atoms with E-state index in [1.165, 1.54) is 10.4 Å². The van der Waals surface area contributed by atoms with Crippen molar-refractivity contribution in [1.82, 2.24) is 9.55 Å². The molecule has 2 heterocycles. The fraction of sp³-hybridized carbons (Fsp3) is 0.400. The Bertz CT molecular complexity index is 930. The van der Waals surface area contributed by atoms with Gasteiger partial charge in [0.05, 0.1) is 18.3 Å². The molecule has 1 aliphatic rings. The average Bonchev–Trinajstić information content (AvgIpc) is 2.99. The SMILES string of the molecule is CC1CCc2c(sc3ncn(CCCOc4ccccc4)c(=O)c23)C1. The van der Waals surface area contributed by atoms with Gasteiger partial charge in [-0.3, -0.25) is 9.36 Å². The minimum Gasteiger partial charge on any atom is -0.494 e. The van der Waals surface area contributed by atoms with Crippen molar-refractivity contribution in [2.75, 3.05) is 6.61 Å². The zero-order chi connectivity index (χ0) is 17.2. The largest absolute Gasteiger partial charge is 0.494 e. The Kier molecular flexibility index (Phi) is 4.57. The van der Waals surface area contributed by atoms with Crippen LogP contribution in [0.25, 0.3) is 10.2 Å². The molecule has 0 fully saturated rings. The number of para-hydroxylation sites is 1. The summed E-state index contributed by atoms with van der Waals surface area (Å²) >= 11 is 1.70. The van der Waals surface area contributed by atoms with Gasteiger partial charge < -0.3 is 4.74 Å². The molecule has 1 aliphatic carbocycles. The zero-order valence-electron chi connectivity index (χ0n) is 14.4. The van der Waals surface area contributed by atoms with Crippen molar-refractivity contribution in [1.29, 1.82) is 0 Å². The molecule has 0 saturated heterocycles. The molecular weight excluding hydrogens is 332 g/mol. The van der Waals surface area contributed by atoms with E-state index in [0.29, 0.717) is 19.1 Å². The molecule has 25 heavy (non-hydrogen) atoms. The minimum absolute atomic E-state index is 0.108. The van der Waals surface area contributed by atoms with Crippen LogP contribution in [0.2, 0.25) is 0 Å². The predicted octanol–water partition coefficient (Wildman–Crippen LogP) is 4.05. The standard InChI is InChI=1S/C20H22N2O2S/c1-14-8-9-16-17(12-14)25-19-18(16)20(23)22(13-21-19)10-5-11-24-15-6-3-2-4-7-15/h2-4,6-7,13-14H,5,8-12H2,1H3. The maximum absolute atomic E-state index is 12.9. The molecular formula is C20H22N2O2S. The van der Waals surface area contributed by atoms with Crippen LogP contribution >= 0.6 is 11.3 Å². The van der Waals surface area contributed by atoms with Crippen LogP contribution in [0, 0.1) is 5.92 Å². The predicted molar refractivity (Wildman–Crippen MR) is 102 cm³/mol. The van der Waals surface area contributed by atoms with Gasteiger partial charge in [0.1, 0.15) is 10.6 Å². The van der Waals surface area contributed by atoms with Gasteiger partial charge in [0.2, 0.25) is 0 Å². The lowest BCUT2D eigenvalue weighted by Gasteiger charge is -2.17. The van der Waals surface area contributed by atoms with Gasteiger partial charge in [0.15, 0.2) is 0 Å². The summed E-state index contributed by atoms with van der Waals surface area (Å²) in [5.41, 5.74) is 1.36. The highest BCUT2D eigenvalue weighted by Crippen LogP contribution is 2.35. The molecule has 5 heteroatoms. The molecule has 130 valence electrons. The first-order chi connectivity index (χ1) is 12.2. The Morgan fingerprint density at radius 3 is 3.00 bits per heavy atom. The Hall–Kier alpha value is -2.14. The van der Waals surface area contributed by atoms with Gasteiger partial charge in [0.25, 0.3) is 5.56 Å². The van der Waals surface area contributed by atoms with Gasteiger partial charge >= 0.3 is 0 Å². The molecule has 4 rings (SSSR count). The van der Waals surface area contributed by atoms with Crippen molar-refractivity contribution in [2.45, 2.75) is 39.2 Å². The zero-order valence-corrected chi connectivity index (χ0v) is 15.2. The summed E-state index contributed by atoms with van der Waals surface area (Å²) in [6.07, 6.45) is 5.73. The van der Waals surface area contributed by atoms with Gasteiger partial charge in [-0.1, -0.05) is 25.1 Å². The van der Waals surface area contributed by atoms with Crippen LogP contribution in [0.5, 0.6) is 5.75 Å². The van der Waals surface area contributed by atoms with Crippen molar-refractivity contribution >= 4 is 21.6 Å². The summed E-state index contributed by atoms with van der Waals surface area (Å²) in [5.74, 6) is 1.57. The summed E-state index contributed by atoms with van der Waals surface area (Å²) in [6, 6.07) is 9.77. The molecule has 0 spiro atoms. The molecule has 0 aliphatic heterocycles. The normalized spacial score (nSPS) is 16.8. The maximum Gasteiger partial charge on any atom is 0.262 e. The number of hydrogen-bond acceptors (Lipinski definition) is 4. The summed E-state index contributed by atoms with van der Waals surface area (Å²) < 4.78 is 7.45. The molecule has 0 radical (unpaired) electrons. The summed E-state index contributed by atoms with van der Waals surface area (Å²) in [4.78, 5) is 19.7. The third-order valence-electron chi connectivity index (χ3n) is 4.84. The molecule has 1 aromatic carbocycles. The fourth-order valence-electron chi connectivity index (χ4n) is 3.47. The number of benzene rings is 1. The second-order valence-electron chi connectivity index (χ2n) is 6.79. The van der Waals surface area contributed by atoms with Crippen molar-refractivity contribution in [3.8, 4) is 5.75 Å². The van der Waals surface area contributed by atoms with E-state index in [-0.39, 0.29) is 5.56 Å². The van der Waals surface area contributed by atoms with E-state index in [0.717, 1.165) is 41.6 Å². The third-order valence-corrected chi connectivity index (χ3v) is 6.00. The van der Waals surface area contributed by atoms with Crippen LogP contribution < -0.4 is 10.3 Å². The van der Waals surface area contributed by atoms with E-state index in [2.05, 4.69) is 11.9 Å². The van der Waals surface area contributed by atoms with Gasteiger partial charge in [-0.05, 0) is 49.3 Å². The Morgan fingerprint density at radius 1 is 1.32 bits per heavy atom. The highest BCUT2D eigenvalue weighted by atomic mass is 32.1. The van der Waals surface area contributed by atoms with Crippen LogP contribution in [-0.4, -0.2) is 16.2 Å². The number of fused-ring (bicyclic) bond motifs is 3. The van der Waals surface area contributed by atoms with E-state index in [1.807, 2.05) is 30.3 Å². The first-order valence-electron chi connectivity index (χ1n) is 8.90. The quantitative estimate of drug-likeness (QED) is 0.649. The number of hydrogen-bond donors (Lipinski definition) is 0. The molecule has 0 N–H and O–H groups in total. The number of rotatable bonds is 5. The molecule has 0 saturated carbocycles. The van der Waals surface area contributed by atoms with E-state index < -0.39 is 0 Å². The number of thiophene rings is 1. The van der Waals surface area contributed by atoms with Crippen LogP contribution in [0.15, 0.2) is 41.5 Å². The number of nitrogens with zero attached hydrogens (tertiary/aromatic N) is 2. The second-order valence-corrected chi connectivity index (χ2v) is 7.87. The van der Waals surface area contributed by atoms with E-state index >= 15 is 0 Å². The van der Waals surface area contributed by atoms with Crippen molar-refractivity contribution in [3.05, 3.63) is 57.5 Å². The van der Waals surface area contributed by atoms with Crippen molar-refractivity contribution in [2.24, 2.45) is 5.92 Å².